The lowest BCUT2D eigenvalue weighted by molar-refractivity contribution is -0.110. The molecule has 0 fully saturated rings. The third-order valence-electron chi connectivity index (χ3n) is 2.17. The summed E-state index contributed by atoms with van der Waals surface area (Å²) in [5.41, 5.74) is 0.817. The molecule has 0 heterocycles. The van der Waals surface area contributed by atoms with E-state index in [1.165, 1.54) is 0 Å². The third kappa shape index (κ3) is 4.11. The molecule has 0 atom stereocenters. The van der Waals surface area contributed by atoms with Crippen LogP contribution in [-0.2, 0) is 4.79 Å². The van der Waals surface area contributed by atoms with E-state index in [4.69, 9.17) is 0 Å². The van der Waals surface area contributed by atoms with Crippen molar-refractivity contribution in [2.45, 2.75) is 20.3 Å². The number of nitrogens with zero attached hydrogens (tertiary/aromatic N) is 1. The van der Waals surface area contributed by atoms with Crippen LogP contribution in [0.5, 0.6) is 0 Å². The van der Waals surface area contributed by atoms with Crippen molar-refractivity contribution in [1.29, 1.82) is 0 Å². The Morgan fingerprint density at radius 2 is 1.88 bits per heavy atom. The predicted octanol–water partition coefficient (Wildman–Crippen LogP) is 2.81. The first kappa shape index (κ1) is 13.6. The normalized spacial score (nSPS) is 9.76. The minimum absolute atomic E-state index is 0.0533. The minimum Gasteiger partial charge on any atom is -0.294 e. The molecular formula is C12H16N2O2S. The SMILES string of the molecule is CCC(=O)SNC(=O)N(CC)c1ccccc1. The number of amides is 2. The molecule has 0 aliphatic rings. The Morgan fingerprint density at radius 1 is 1.24 bits per heavy atom. The molecule has 0 aromatic heterocycles. The number of benzene rings is 1. The lowest BCUT2D eigenvalue weighted by Gasteiger charge is -2.20. The molecule has 0 saturated carbocycles. The second kappa shape index (κ2) is 6.96. The van der Waals surface area contributed by atoms with E-state index >= 15 is 0 Å². The summed E-state index contributed by atoms with van der Waals surface area (Å²) < 4.78 is 2.54. The van der Waals surface area contributed by atoms with Crippen molar-refractivity contribution >= 4 is 28.8 Å². The van der Waals surface area contributed by atoms with Gasteiger partial charge in [0.15, 0.2) is 0 Å². The van der Waals surface area contributed by atoms with Gasteiger partial charge in [-0.3, -0.25) is 14.4 Å². The van der Waals surface area contributed by atoms with Gasteiger partial charge in [-0.05, 0) is 19.1 Å². The van der Waals surface area contributed by atoms with Crippen LogP contribution in [0.4, 0.5) is 10.5 Å². The lowest BCUT2D eigenvalue weighted by Crippen LogP contribution is -2.37. The Kier molecular flexibility index (Phi) is 5.56. The number of carbonyl (C=O) groups is 2. The first-order valence-electron chi connectivity index (χ1n) is 5.51. The average molecular weight is 252 g/mol. The number of para-hydroxylation sites is 1. The highest BCUT2D eigenvalue weighted by atomic mass is 32.2. The van der Waals surface area contributed by atoms with E-state index in [-0.39, 0.29) is 11.1 Å². The Morgan fingerprint density at radius 3 is 2.41 bits per heavy atom. The van der Waals surface area contributed by atoms with Gasteiger partial charge in [0.1, 0.15) is 0 Å². The zero-order valence-corrected chi connectivity index (χ0v) is 10.8. The van der Waals surface area contributed by atoms with Crippen molar-refractivity contribution in [3.05, 3.63) is 30.3 Å². The van der Waals surface area contributed by atoms with E-state index in [1.807, 2.05) is 37.3 Å². The smallest absolute Gasteiger partial charge is 0.294 e. The van der Waals surface area contributed by atoms with Crippen LogP contribution in [0.1, 0.15) is 20.3 Å². The number of urea groups is 1. The van der Waals surface area contributed by atoms with Crippen molar-refractivity contribution in [1.82, 2.24) is 4.72 Å². The standard InChI is InChI=1S/C12H16N2O2S/c1-3-11(15)17-13-12(16)14(4-2)10-8-6-5-7-9-10/h5-9H,3-4H2,1-2H3,(H,13,16). The molecule has 0 radical (unpaired) electrons. The maximum Gasteiger partial charge on any atom is 0.332 e. The molecule has 1 aromatic rings. The van der Waals surface area contributed by atoms with Crippen LogP contribution < -0.4 is 9.62 Å². The molecule has 0 unspecified atom stereocenters. The maximum absolute atomic E-state index is 11.8. The van der Waals surface area contributed by atoms with E-state index in [0.29, 0.717) is 13.0 Å². The van der Waals surface area contributed by atoms with E-state index in [0.717, 1.165) is 17.6 Å². The van der Waals surface area contributed by atoms with E-state index < -0.39 is 0 Å². The Labute approximate surface area is 106 Å². The van der Waals surface area contributed by atoms with Crippen molar-refractivity contribution in [3.63, 3.8) is 0 Å². The summed E-state index contributed by atoms with van der Waals surface area (Å²) in [6.07, 6.45) is 0.405. The number of rotatable bonds is 3. The summed E-state index contributed by atoms with van der Waals surface area (Å²) in [5.74, 6) is 0. The molecule has 5 heteroatoms. The fourth-order valence-corrected chi connectivity index (χ4v) is 1.73. The topological polar surface area (TPSA) is 49.4 Å². The van der Waals surface area contributed by atoms with Gasteiger partial charge in [-0.25, -0.2) is 4.79 Å². The van der Waals surface area contributed by atoms with Gasteiger partial charge in [0.05, 0.1) is 0 Å². The van der Waals surface area contributed by atoms with Crippen LogP contribution in [0, 0.1) is 0 Å². The number of anilines is 1. The van der Waals surface area contributed by atoms with Crippen LogP contribution in [0.25, 0.3) is 0 Å². The van der Waals surface area contributed by atoms with Crippen LogP contribution >= 0.6 is 11.9 Å². The van der Waals surface area contributed by atoms with Gasteiger partial charge in [-0.15, -0.1) is 0 Å². The molecule has 4 nitrogen and oxygen atoms in total. The number of carbonyl (C=O) groups excluding carboxylic acids is 2. The Balaban J connectivity index is 2.62. The molecule has 1 rings (SSSR count). The summed E-state index contributed by atoms with van der Waals surface area (Å²) >= 11 is 0.843. The molecule has 0 saturated heterocycles. The summed E-state index contributed by atoms with van der Waals surface area (Å²) in [7, 11) is 0. The monoisotopic (exact) mass is 252 g/mol. The van der Waals surface area contributed by atoms with Gasteiger partial charge in [-0.1, -0.05) is 25.1 Å². The largest absolute Gasteiger partial charge is 0.332 e. The quantitative estimate of drug-likeness (QED) is 0.841. The zero-order chi connectivity index (χ0) is 12.7. The van der Waals surface area contributed by atoms with Gasteiger partial charge < -0.3 is 0 Å². The van der Waals surface area contributed by atoms with Gasteiger partial charge in [0.2, 0.25) is 5.12 Å². The third-order valence-corrected chi connectivity index (χ3v) is 2.96. The number of nitrogens with one attached hydrogen (secondary N) is 1. The molecule has 2 amide bonds. The predicted molar refractivity (Wildman–Crippen MR) is 70.9 cm³/mol. The fourth-order valence-electron chi connectivity index (χ4n) is 1.28. The van der Waals surface area contributed by atoms with Crippen molar-refractivity contribution in [2.75, 3.05) is 11.4 Å². The van der Waals surface area contributed by atoms with Gasteiger partial charge >= 0.3 is 6.03 Å². The molecule has 17 heavy (non-hydrogen) atoms. The molecule has 0 aliphatic heterocycles. The zero-order valence-electron chi connectivity index (χ0n) is 9.97. The highest BCUT2D eigenvalue weighted by Gasteiger charge is 2.14. The highest BCUT2D eigenvalue weighted by molar-refractivity contribution is 8.12. The summed E-state index contributed by atoms with van der Waals surface area (Å²) in [6.45, 7) is 4.20. The van der Waals surface area contributed by atoms with Gasteiger partial charge in [-0.2, -0.15) is 0 Å². The highest BCUT2D eigenvalue weighted by Crippen LogP contribution is 2.13. The van der Waals surface area contributed by atoms with E-state index in [2.05, 4.69) is 4.72 Å². The second-order valence-corrected chi connectivity index (χ2v) is 4.18. The maximum atomic E-state index is 11.8. The molecule has 0 bridgehead atoms. The second-order valence-electron chi connectivity index (χ2n) is 3.31. The summed E-state index contributed by atoms with van der Waals surface area (Å²) in [5, 5.41) is -0.0533. The van der Waals surface area contributed by atoms with E-state index in [1.54, 1.807) is 11.8 Å². The molecule has 1 N–H and O–H groups in total. The van der Waals surface area contributed by atoms with Gasteiger partial charge in [0.25, 0.3) is 0 Å². The molecule has 0 spiro atoms. The fraction of sp³-hybridized carbons (Fsp3) is 0.333. The van der Waals surface area contributed by atoms with Crippen molar-refractivity contribution in [2.24, 2.45) is 0 Å². The van der Waals surface area contributed by atoms with Crippen LogP contribution in [0.15, 0.2) is 30.3 Å². The van der Waals surface area contributed by atoms with Crippen molar-refractivity contribution < 1.29 is 9.59 Å². The minimum atomic E-state index is -0.273. The van der Waals surface area contributed by atoms with Crippen LogP contribution in [0.3, 0.4) is 0 Å². The number of hydrogen-bond acceptors (Lipinski definition) is 3. The van der Waals surface area contributed by atoms with E-state index in [9.17, 15) is 9.59 Å². The summed E-state index contributed by atoms with van der Waals surface area (Å²) in [4.78, 5) is 24.5. The van der Waals surface area contributed by atoms with Crippen LogP contribution in [0.2, 0.25) is 0 Å². The summed E-state index contributed by atoms with van der Waals surface area (Å²) in [6, 6.07) is 9.08. The van der Waals surface area contributed by atoms with Gasteiger partial charge in [0, 0.05) is 30.6 Å². The first-order valence-corrected chi connectivity index (χ1v) is 6.32. The molecule has 1 aromatic carbocycles. The Hall–Kier alpha value is -1.49. The van der Waals surface area contributed by atoms with Crippen molar-refractivity contribution in [3.8, 4) is 0 Å². The number of hydrogen-bond donors (Lipinski definition) is 1. The molecule has 0 aliphatic carbocycles. The molecular weight excluding hydrogens is 236 g/mol. The van der Waals surface area contributed by atoms with Crippen LogP contribution in [-0.4, -0.2) is 17.7 Å². The average Bonchev–Trinajstić information content (AvgIpc) is 2.38. The Bertz CT molecular complexity index is 381. The lowest BCUT2D eigenvalue weighted by atomic mass is 10.3. The first-order chi connectivity index (χ1) is 8.19. The molecule has 92 valence electrons.